The zero-order valence-electron chi connectivity index (χ0n) is 18.7. The van der Waals surface area contributed by atoms with Crippen LogP contribution < -0.4 is 5.32 Å². The smallest absolute Gasteiger partial charge is 0.407 e. The number of alkyl carbamates (subject to hydrolysis) is 1. The first kappa shape index (κ1) is 22.0. The fraction of sp³-hybridized carbons (Fsp3) is 0.423. The number of hydrogen-bond donors (Lipinski definition) is 2. The molecule has 0 aromatic heterocycles. The van der Waals surface area contributed by atoms with Crippen molar-refractivity contribution in [3.63, 3.8) is 0 Å². The standard InChI is InChI=1S/C26H24F2N2O5/c27-26(28)20(22(26)23(31)30-10-17-18(11-30)21(17)24(32)33)9-29-25(34)35-12-19-15-7-3-1-5-13(15)14-6-2-4-8-16(14)19/h1-8,17-22H,9-12H2,(H,29,34)(H,32,33)/t17?,18?,20-,21?,22-/m0/s1. The summed E-state index contributed by atoms with van der Waals surface area (Å²) in [5.74, 6) is -8.42. The Bertz CT molecular complexity index is 1180. The monoisotopic (exact) mass is 482 g/mol. The van der Waals surface area contributed by atoms with Crippen molar-refractivity contribution in [3.8, 4) is 11.1 Å². The molecule has 9 heteroatoms. The molecule has 2 aromatic carbocycles. The van der Waals surface area contributed by atoms with Gasteiger partial charge in [-0.15, -0.1) is 0 Å². The first-order valence-corrected chi connectivity index (χ1v) is 11.8. The van der Waals surface area contributed by atoms with E-state index in [2.05, 4.69) is 5.32 Å². The molecule has 4 atom stereocenters. The minimum atomic E-state index is -3.20. The molecule has 3 fully saturated rings. The van der Waals surface area contributed by atoms with E-state index >= 15 is 0 Å². The van der Waals surface area contributed by atoms with Gasteiger partial charge in [0.1, 0.15) is 12.5 Å². The van der Waals surface area contributed by atoms with Crippen LogP contribution in [-0.4, -0.2) is 60.1 Å². The van der Waals surface area contributed by atoms with E-state index in [1.165, 1.54) is 4.90 Å². The minimum absolute atomic E-state index is 0.0740. The zero-order valence-corrected chi connectivity index (χ0v) is 18.7. The topological polar surface area (TPSA) is 95.9 Å². The fourth-order valence-electron chi connectivity index (χ4n) is 6.09. The maximum atomic E-state index is 14.4. The Kier molecular flexibility index (Phi) is 4.88. The third-order valence-corrected chi connectivity index (χ3v) is 8.07. The van der Waals surface area contributed by atoms with Gasteiger partial charge in [-0.2, -0.15) is 0 Å². The molecule has 2 amide bonds. The Morgan fingerprint density at radius 2 is 1.57 bits per heavy atom. The van der Waals surface area contributed by atoms with Gasteiger partial charge in [0.05, 0.1) is 11.8 Å². The van der Waals surface area contributed by atoms with Crippen molar-refractivity contribution in [2.24, 2.45) is 29.6 Å². The lowest BCUT2D eigenvalue weighted by Gasteiger charge is -2.19. The van der Waals surface area contributed by atoms with Crippen molar-refractivity contribution >= 4 is 18.0 Å². The molecule has 6 rings (SSSR count). The second kappa shape index (κ2) is 7.76. The van der Waals surface area contributed by atoms with Crippen LogP contribution in [0.2, 0.25) is 0 Å². The van der Waals surface area contributed by atoms with Crippen LogP contribution in [0.4, 0.5) is 13.6 Å². The van der Waals surface area contributed by atoms with Crippen molar-refractivity contribution in [2.75, 3.05) is 26.2 Å². The summed E-state index contributed by atoms with van der Waals surface area (Å²) in [7, 11) is 0. The number of nitrogens with zero attached hydrogens (tertiary/aromatic N) is 1. The Labute approximate surface area is 200 Å². The number of alkyl halides is 2. The fourth-order valence-corrected chi connectivity index (χ4v) is 6.09. The number of carbonyl (C=O) groups excluding carboxylic acids is 2. The van der Waals surface area contributed by atoms with E-state index in [1.807, 2.05) is 48.5 Å². The summed E-state index contributed by atoms with van der Waals surface area (Å²) >= 11 is 0. The number of hydrogen-bond acceptors (Lipinski definition) is 4. The van der Waals surface area contributed by atoms with Gasteiger partial charge >= 0.3 is 12.1 Å². The van der Waals surface area contributed by atoms with E-state index in [1.54, 1.807) is 0 Å². The van der Waals surface area contributed by atoms with E-state index in [0.717, 1.165) is 22.3 Å². The summed E-state index contributed by atoms with van der Waals surface area (Å²) in [4.78, 5) is 37.4. The quantitative estimate of drug-likeness (QED) is 0.660. The average molecular weight is 482 g/mol. The number of carbonyl (C=O) groups is 3. The number of amides is 2. The van der Waals surface area contributed by atoms with Gasteiger partial charge in [-0.05, 0) is 34.1 Å². The van der Waals surface area contributed by atoms with E-state index in [9.17, 15) is 23.2 Å². The van der Waals surface area contributed by atoms with Crippen molar-refractivity contribution in [1.29, 1.82) is 0 Å². The molecular weight excluding hydrogens is 458 g/mol. The number of piperidine rings is 1. The molecule has 2 aromatic rings. The normalized spacial score (nSPS) is 29.1. The first-order valence-electron chi connectivity index (χ1n) is 11.8. The molecule has 7 nitrogen and oxygen atoms in total. The molecule has 1 heterocycles. The number of ether oxygens (including phenoxy) is 1. The van der Waals surface area contributed by atoms with Gasteiger partial charge in [0, 0.05) is 25.6 Å². The lowest BCUT2D eigenvalue weighted by atomic mass is 9.98. The van der Waals surface area contributed by atoms with Crippen molar-refractivity contribution in [1.82, 2.24) is 10.2 Å². The van der Waals surface area contributed by atoms with Gasteiger partial charge in [0.25, 0.3) is 5.92 Å². The maximum absolute atomic E-state index is 14.4. The van der Waals surface area contributed by atoms with Gasteiger partial charge in [0.15, 0.2) is 0 Å². The van der Waals surface area contributed by atoms with Crippen LogP contribution in [-0.2, 0) is 14.3 Å². The summed E-state index contributed by atoms with van der Waals surface area (Å²) in [6, 6.07) is 15.8. The Hall–Kier alpha value is -3.49. The highest BCUT2D eigenvalue weighted by Crippen LogP contribution is 2.58. The van der Waals surface area contributed by atoms with Crippen molar-refractivity contribution in [3.05, 3.63) is 59.7 Å². The zero-order chi connectivity index (χ0) is 24.5. The van der Waals surface area contributed by atoms with Gasteiger partial charge in [-0.1, -0.05) is 48.5 Å². The number of carboxylic acid groups (broad SMARTS) is 1. The van der Waals surface area contributed by atoms with E-state index in [-0.39, 0.29) is 44.0 Å². The van der Waals surface area contributed by atoms with Gasteiger partial charge in [-0.3, -0.25) is 9.59 Å². The summed E-state index contributed by atoms with van der Waals surface area (Å²) in [6.45, 7) is 0.127. The molecule has 2 saturated carbocycles. The highest BCUT2D eigenvalue weighted by Gasteiger charge is 2.73. The van der Waals surface area contributed by atoms with Crippen molar-refractivity contribution < 1.29 is 33.0 Å². The Morgan fingerprint density at radius 3 is 2.14 bits per heavy atom. The molecule has 35 heavy (non-hydrogen) atoms. The second-order valence-electron chi connectivity index (χ2n) is 9.90. The summed E-state index contributed by atoms with van der Waals surface area (Å²) < 4.78 is 34.1. The molecule has 4 aliphatic rings. The van der Waals surface area contributed by atoms with Crippen LogP contribution in [0.15, 0.2) is 48.5 Å². The maximum Gasteiger partial charge on any atom is 0.407 e. The number of rotatable bonds is 6. The lowest BCUT2D eigenvalue weighted by molar-refractivity contribution is -0.141. The number of fused-ring (bicyclic) bond motifs is 4. The third-order valence-electron chi connectivity index (χ3n) is 8.07. The highest BCUT2D eigenvalue weighted by atomic mass is 19.3. The number of carboxylic acids is 1. The SMILES string of the molecule is O=C(NC[C@H]1[C@@H](C(=O)N2CC3C(C2)C3C(=O)O)C1(F)F)OCC1c2ccccc2-c2ccccc21. The molecule has 2 N–H and O–H groups in total. The third kappa shape index (κ3) is 3.47. The number of nitrogens with one attached hydrogen (secondary N) is 1. The Morgan fingerprint density at radius 1 is 1.00 bits per heavy atom. The van der Waals surface area contributed by atoms with E-state index in [0.29, 0.717) is 0 Å². The van der Waals surface area contributed by atoms with Gasteiger partial charge in [0.2, 0.25) is 5.91 Å². The van der Waals surface area contributed by atoms with Gasteiger partial charge in [-0.25, -0.2) is 13.6 Å². The van der Waals surface area contributed by atoms with Crippen LogP contribution in [0.3, 0.4) is 0 Å². The Balaban J connectivity index is 1.02. The van der Waals surface area contributed by atoms with E-state index < -0.39 is 41.6 Å². The number of likely N-dealkylation sites (tertiary alicyclic amines) is 1. The number of halogens is 2. The molecule has 182 valence electrons. The molecule has 0 radical (unpaired) electrons. The van der Waals surface area contributed by atoms with Gasteiger partial charge < -0.3 is 20.1 Å². The molecule has 0 bridgehead atoms. The number of benzene rings is 2. The summed E-state index contributed by atoms with van der Waals surface area (Å²) in [5.41, 5.74) is 4.28. The first-order chi connectivity index (χ1) is 16.8. The summed E-state index contributed by atoms with van der Waals surface area (Å²) in [5, 5.41) is 11.5. The second-order valence-corrected chi connectivity index (χ2v) is 9.90. The summed E-state index contributed by atoms with van der Waals surface area (Å²) in [6.07, 6.45) is -0.799. The molecule has 2 unspecified atom stereocenters. The predicted molar refractivity (Wildman–Crippen MR) is 120 cm³/mol. The average Bonchev–Trinajstić information content (AvgIpc) is 3.51. The predicted octanol–water partition coefficient (Wildman–Crippen LogP) is 3.20. The molecular formula is C26H24F2N2O5. The number of aliphatic carboxylic acids is 1. The largest absolute Gasteiger partial charge is 0.481 e. The molecule has 1 aliphatic heterocycles. The highest BCUT2D eigenvalue weighted by molar-refractivity contribution is 5.85. The lowest BCUT2D eigenvalue weighted by Crippen LogP contribution is -2.35. The minimum Gasteiger partial charge on any atom is -0.481 e. The molecule has 1 saturated heterocycles. The van der Waals surface area contributed by atoms with Crippen LogP contribution in [0, 0.1) is 29.6 Å². The van der Waals surface area contributed by atoms with Crippen LogP contribution >= 0.6 is 0 Å². The van der Waals surface area contributed by atoms with Crippen LogP contribution in [0.5, 0.6) is 0 Å². The van der Waals surface area contributed by atoms with Crippen LogP contribution in [0.25, 0.3) is 11.1 Å². The molecule has 0 spiro atoms. The molecule has 3 aliphatic carbocycles. The van der Waals surface area contributed by atoms with Crippen molar-refractivity contribution in [2.45, 2.75) is 11.8 Å². The van der Waals surface area contributed by atoms with Crippen LogP contribution in [0.1, 0.15) is 17.0 Å². The van der Waals surface area contributed by atoms with E-state index in [4.69, 9.17) is 9.84 Å².